The van der Waals surface area contributed by atoms with Crippen molar-refractivity contribution in [3.05, 3.63) is 72.7 Å². The molecule has 1 N–H and O–H groups in total. The number of pyridine rings is 2. The minimum absolute atomic E-state index is 0.175. The van der Waals surface area contributed by atoms with Crippen LogP contribution in [0.3, 0.4) is 0 Å². The molecule has 0 aromatic carbocycles. The Morgan fingerprint density at radius 2 is 2.08 bits per heavy atom. The van der Waals surface area contributed by atoms with Crippen molar-refractivity contribution in [3.63, 3.8) is 0 Å². The molecule has 1 amide bonds. The highest BCUT2D eigenvalue weighted by Crippen LogP contribution is 2.13. The highest BCUT2D eigenvalue weighted by molar-refractivity contribution is 5.96. The number of hydrogen-bond donors (Lipinski definition) is 1. The lowest BCUT2D eigenvalue weighted by Crippen LogP contribution is -2.27. The fraction of sp³-hybridized carbons (Fsp3) is 0.167. The largest absolute Gasteiger partial charge is 0.350 e. The van der Waals surface area contributed by atoms with Crippen molar-refractivity contribution < 1.29 is 4.79 Å². The lowest BCUT2D eigenvalue weighted by atomic mass is 10.2. The molecule has 0 aliphatic heterocycles. The molecular weight excluding hydrogens is 330 g/mol. The first-order valence-corrected chi connectivity index (χ1v) is 8.26. The average molecular weight is 347 g/mol. The van der Waals surface area contributed by atoms with Gasteiger partial charge in [-0.3, -0.25) is 14.5 Å². The first kappa shape index (κ1) is 15.9. The Hall–Kier alpha value is -3.55. The third-order valence-corrected chi connectivity index (χ3v) is 3.96. The van der Waals surface area contributed by atoms with Gasteiger partial charge in [0.05, 0.1) is 30.7 Å². The molecule has 8 nitrogen and oxygen atoms in total. The topological polar surface area (TPSA) is 90.5 Å². The summed E-state index contributed by atoms with van der Waals surface area (Å²) in [6.07, 6.45) is 8.61. The van der Waals surface area contributed by atoms with Gasteiger partial charge in [0.2, 0.25) is 0 Å². The molecular formula is C18H17N7O. The van der Waals surface area contributed by atoms with Crippen LogP contribution in [-0.2, 0) is 13.1 Å². The minimum Gasteiger partial charge on any atom is -0.350 e. The zero-order valence-electron chi connectivity index (χ0n) is 14.0. The zero-order chi connectivity index (χ0) is 17.8. The number of aromatic nitrogens is 6. The molecule has 0 aliphatic rings. The zero-order valence-corrected chi connectivity index (χ0v) is 14.0. The maximum absolute atomic E-state index is 12.3. The van der Waals surface area contributed by atoms with E-state index < -0.39 is 0 Å². The second-order valence-corrected chi connectivity index (χ2v) is 5.79. The van der Waals surface area contributed by atoms with Crippen molar-refractivity contribution in [3.8, 4) is 0 Å². The number of fused-ring (bicyclic) bond motifs is 1. The smallest absolute Gasteiger partial charge is 0.252 e. The SMILES string of the molecule is O=C(NCCn1cccn1)c1cnc2c(c1)ncn2Cc1ccccn1. The van der Waals surface area contributed by atoms with Crippen molar-refractivity contribution >= 4 is 17.1 Å². The van der Waals surface area contributed by atoms with E-state index in [9.17, 15) is 4.79 Å². The summed E-state index contributed by atoms with van der Waals surface area (Å²) in [5, 5.41) is 6.96. The van der Waals surface area contributed by atoms with Crippen molar-refractivity contribution in [2.45, 2.75) is 13.1 Å². The van der Waals surface area contributed by atoms with E-state index in [2.05, 4.69) is 25.4 Å². The first-order chi connectivity index (χ1) is 12.8. The number of nitrogens with zero attached hydrogens (tertiary/aromatic N) is 6. The molecule has 0 spiro atoms. The summed E-state index contributed by atoms with van der Waals surface area (Å²) in [6, 6.07) is 9.38. The van der Waals surface area contributed by atoms with Crippen LogP contribution in [-0.4, -0.2) is 41.8 Å². The summed E-state index contributed by atoms with van der Waals surface area (Å²) in [4.78, 5) is 25.4. The van der Waals surface area contributed by atoms with Crippen molar-refractivity contribution in [1.29, 1.82) is 0 Å². The molecule has 4 rings (SSSR count). The van der Waals surface area contributed by atoms with E-state index in [1.54, 1.807) is 35.7 Å². The van der Waals surface area contributed by atoms with Crippen molar-refractivity contribution in [2.75, 3.05) is 6.54 Å². The van der Waals surface area contributed by atoms with Gasteiger partial charge in [-0.25, -0.2) is 9.97 Å². The van der Waals surface area contributed by atoms with Gasteiger partial charge in [0.15, 0.2) is 5.65 Å². The number of amides is 1. The summed E-state index contributed by atoms with van der Waals surface area (Å²) in [7, 11) is 0. The molecule has 4 heterocycles. The minimum atomic E-state index is -0.175. The number of carbonyl (C=O) groups is 1. The third-order valence-electron chi connectivity index (χ3n) is 3.96. The molecule has 0 radical (unpaired) electrons. The van der Waals surface area contributed by atoms with Gasteiger partial charge in [-0.15, -0.1) is 0 Å². The molecule has 8 heteroatoms. The summed E-state index contributed by atoms with van der Waals surface area (Å²) < 4.78 is 3.68. The molecule has 0 unspecified atom stereocenters. The normalized spacial score (nSPS) is 10.9. The Balaban J connectivity index is 1.45. The summed E-state index contributed by atoms with van der Waals surface area (Å²) in [5.74, 6) is -0.175. The summed E-state index contributed by atoms with van der Waals surface area (Å²) in [6.45, 7) is 1.69. The van der Waals surface area contributed by atoms with E-state index in [4.69, 9.17) is 0 Å². The van der Waals surface area contributed by atoms with E-state index in [0.29, 0.717) is 30.7 Å². The maximum atomic E-state index is 12.3. The van der Waals surface area contributed by atoms with E-state index in [0.717, 1.165) is 11.3 Å². The highest BCUT2D eigenvalue weighted by atomic mass is 16.1. The van der Waals surface area contributed by atoms with Gasteiger partial charge in [0.1, 0.15) is 5.52 Å². The standard InChI is InChI=1S/C18H17N7O/c26-18(20-7-9-25-8-3-6-23-25)14-10-16-17(21-11-14)24(13-22-16)12-15-4-1-2-5-19-15/h1-6,8,10-11,13H,7,9,12H2,(H,20,26). The summed E-state index contributed by atoms with van der Waals surface area (Å²) >= 11 is 0. The van der Waals surface area contributed by atoms with Crippen LogP contribution < -0.4 is 5.32 Å². The lowest BCUT2D eigenvalue weighted by Gasteiger charge is -2.06. The van der Waals surface area contributed by atoms with E-state index >= 15 is 0 Å². The van der Waals surface area contributed by atoms with Gasteiger partial charge in [0, 0.05) is 31.3 Å². The number of carbonyl (C=O) groups excluding carboxylic acids is 1. The van der Waals surface area contributed by atoms with Crippen LogP contribution in [0.25, 0.3) is 11.2 Å². The number of nitrogens with one attached hydrogen (secondary N) is 1. The quantitative estimate of drug-likeness (QED) is 0.571. The Morgan fingerprint density at radius 1 is 1.12 bits per heavy atom. The van der Waals surface area contributed by atoms with Crippen LogP contribution >= 0.6 is 0 Å². The van der Waals surface area contributed by atoms with Gasteiger partial charge >= 0.3 is 0 Å². The maximum Gasteiger partial charge on any atom is 0.252 e. The third kappa shape index (κ3) is 3.44. The predicted octanol–water partition coefficient (Wildman–Crippen LogP) is 1.50. The molecule has 0 saturated carbocycles. The average Bonchev–Trinajstić information content (AvgIpc) is 3.32. The number of imidazole rings is 1. The van der Waals surface area contributed by atoms with Crippen molar-refractivity contribution in [2.24, 2.45) is 0 Å². The number of rotatable bonds is 6. The van der Waals surface area contributed by atoms with Crippen LogP contribution in [0.1, 0.15) is 16.1 Å². The molecule has 0 fully saturated rings. The van der Waals surface area contributed by atoms with Crippen LogP contribution in [0.5, 0.6) is 0 Å². The Kier molecular flexibility index (Phi) is 4.38. The second-order valence-electron chi connectivity index (χ2n) is 5.79. The fourth-order valence-electron chi connectivity index (χ4n) is 2.67. The molecule has 0 atom stereocenters. The number of hydrogen-bond acceptors (Lipinski definition) is 5. The van der Waals surface area contributed by atoms with Gasteiger partial charge < -0.3 is 9.88 Å². The van der Waals surface area contributed by atoms with Gasteiger partial charge in [-0.1, -0.05) is 6.07 Å². The van der Waals surface area contributed by atoms with E-state index in [1.807, 2.05) is 35.0 Å². The van der Waals surface area contributed by atoms with Crippen molar-refractivity contribution in [1.82, 2.24) is 34.6 Å². The molecule has 0 aliphatic carbocycles. The summed E-state index contributed by atoms with van der Waals surface area (Å²) in [5.41, 5.74) is 2.82. The predicted molar refractivity (Wildman–Crippen MR) is 95.4 cm³/mol. The molecule has 130 valence electrons. The van der Waals surface area contributed by atoms with Gasteiger partial charge in [-0.2, -0.15) is 5.10 Å². The van der Waals surface area contributed by atoms with E-state index in [-0.39, 0.29) is 5.91 Å². The molecule has 4 aromatic rings. The van der Waals surface area contributed by atoms with Crippen LogP contribution in [0.15, 0.2) is 61.4 Å². The van der Waals surface area contributed by atoms with Gasteiger partial charge in [-0.05, 0) is 24.3 Å². The van der Waals surface area contributed by atoms with Gasteiger partial charge in [0.25, 0.3) is 5.91 Å². The van der Waals surface area contributed by atoms with Crippen LogP contribution in [0.4, 0.5) is 0 Å². The lowest BCUT2D eigenvalue weighted by molar-refractivity contribution is 0.0951. The van der Waals surface area contributed by atoms with Crippen LogP contribution in [0, 0.1) is 0 Å². The fourth-order valence-corrected chi connectivity index (χ4v) is 2.67. The Bertz CT molecular complexity index is 1010. The van der Waals surface area contributed by atoms with Crippen LogP contribution in [0.2, 0.25) is 0 Å². The monoisotopic (exact) mass is 347 g/mol. The first-order valence-electron chi connectivity index (χ1n) is 8.26. The molecule has 0 saturated heterocycles. The van der Waals surface area contributed by atoms with E-state index in [1.165, 1.54) is 0 Å². The highest BCUT2D eigenvalue weighted by Gasteiger charge is 2.11. The molecule has 0 bridgehead atoms. The molecule has 4 aromatic heterocycles. The molecule has 26 heavy (non-hydrogen) atoms. The Labute approximate surface area is 149 Å². The Morgan fingerprint density at radius 3 is 2.88 bits per heavy atom. The second kappa shape index (κ2) is 7.14.